The van der Waals surface area contributed by atoms with Crippen molar-refractivity contribution in [1.29, 1.82) is 0 Å². The molecule has 2 aromatic rings. The second kappa shape index (κ2) is 10.4. The molecule has 0 aliphatic rings. The number of methoxy groups -OCH3 is 1. The second-order valence-corrected chi connectivity index (χ2v) is 6.88. The van der Waals surface area contributed by atoms with Crippen molar-refractivity contribution in [2.75, 3.05) is 26.0 Å². The van der Waals surface area contributed by atoms with E-state index in [4.69, 9.17) is 16.3 Å². The zero-order valence-electron chi connectivity index (χ0n) is 13.7. The maximum absolute atomic E-state index is 12.0. The third kappa shape index (κ3) is 6.19. The molecular weight excluding hydrogens is 342 g/mol. The predicted octanol–water partition coefficient (Wildman–Crippen LogP) is 4.32. The molecule has 1 atom stereocenters. The minimum Gasteiger partial charge on any atom is -0.385 e. The molecule has 5 heteroatoms. The summed E-state index contributed by atoms with van der Waals surface area (Å²) in [4.78, 5) is 12.0. The Labute approximate surface area is 152 Å². The number of hydrogen-bond donors (Lipinski definition) is 1. The lowest BCUT2D eigenvalue weighted by Gasteiger charge is -2.17. The van der Waals surface area contributed by atoms with E-state index in [1.165, 1.54) is 5.56 Å². The van der Waals surface area contributed by atoms with Crippen LogP contribution in [0.25, 0.3) is 0 Å². The summed E-state index contributed by atoms with van der Waals surface area (Å²) in [5, 5.41) is 3.74. The number of thioether (sulfide) groups is 1. The molecule has 0 saturated carbocycles. The summed E-state index contributed by atoms with van der Waals surface area (Å²) in [5.74, 6) is 0.459. The van der Waals surface area contributed by atoms with Gasteiger partial charge in [-0.15, -0.1) is 11.8 Å². The first-order valence-corrected chi connectivity index (χ1v) is 9.31. The smallest absolute Gasteiger partial charge is 0.230 e. The lowest BCUT2D eigenvalue weighted by Crippen LogP contribution is -2.27. The highest BCUT2D eigenvalue weighted by Gasteiger charge is 2.16. The molecule has 128 valence electrons. The number of amides is 1. The van der Waals surface area contributed by atoms with Gasteiger partial charge in [0.15, 0.2) is 0 Å². The van der Waals surface area contributed by atoms with Crippen molar-refractivity contribution in [1.82, 2.24) is 5.32 Å². The minimum absolute atomic E-state index is 0.0472. The van der Waals surface area contributed by atoms with E-state index in [1.54, 1.807) is 18.9 Å². The average molecular weight is 364 g/mol. The van der Waals surface area contributed by atoms with E-state index in [0.717, 1.165) is 12.0 Å². The number of rotatable bonds is 9. The molecule has 0 radical (unpaired) electrons. The zero-order valence-corrected chi connectivity index (χ0v) is 15.3. The Hall–Kier alpha value is -1.49. The van der Waals surface area contributed by atoms with E-state index in [0.29, 0.717) is 23.9 Å². The van der Waals surface area contributed by atoms with Gasteiger partial charge in [-0.2, -0.15) is 0 Å². The molecule has 3 nitrogen and oxygen atoms in total. The van der Waals surface area contributed by atoms with Crippen molar-refractivity contribution in [3.8, 4) is 0 Å². The summed E-state index contributed by atoms with van der Waals surface area (Å²) >= 11 is 7.61. The fraction of sp³-hybridized carbons (Fsp3) is 0.316. The second-order valence-electron chi connectivity index (χ2n) is 5.35. The SMILES string of the molecule is COCCCNC(=O)CS[C@@H](c1ccccc1)c1ccc(Cl)cc1. The molecule has 0 unspecified atom stereocenters. The van der Waals surface area contributed by atoms with Crippen LogP contribution in [0.5, 0.6) is 0 Å². The predicted molar refractivity (Wildman–Crippen MR) is 102 cm³/mol. The molecule has 0 aliphatic carbocycles. The van der Waals surface area contributed by atoms with E-state index in [9.17, 15) is 4.79 Å². The average Bonchev–Trinajstić information content (AvgIpc) is 2.61. The van der Waals surface area contributed by atoms with Crippen LogP contribution in [0.4, 0.5) is 0 Å². The molecule has 1 amide bonds. The van der Waals surface area contributed by atoms with E-state index in [1.807, 2.05) is 42.5 Å². The molecular formula is C19H22ClNO2S. The summed E-state index contributed by atoms with van der Waals surface area (Å²) in [5.41, 5.74) is 2.32. The molecule has 24 heavy (non-hydrogen) atoms. The highest BCUT2D eigenvalue weighted by molar-refractivity contribution is 8.00. The van der Waals surface area contributed by atoms with Crippen molar-refractivity contribution in [2.24, 2.45) is 0 Å². The molecule has 2 aromatic carbocycles. The van der Waals surface area contributed by atoms with E-state index < -0.39 is 0 Å². The molecule has 0 saturated heterocycles. The van der Waals surface area contributed by atoms with Gasteiger partial charge in [-0.25, -0.2) is 0 Å². The van der Waals surface area contributed by atoms with Crippen LogP contribution < -0.4 is 5.32 Å². The van der Waals surface area contributed by atoms with Crippen LogP contribution >= 0.6 is 23.4 Å². The monoisotopic (exact) mass is 363 g/mol. The first-order valence-electron chi connectivity index (χ1n) is 7.88. The minimum atomic E-state index is 0.0472. The van der Waals surface area contributed by atoms with Crippen molar-refractivity contribution in [3.05, 3.63) is 70.7 Å². The van der Waals surface area contributed by atoms with Gasteiger partial charge >= 0.3 is 0 Å². The van der Waals surface area contributed by atoms with Gasteiger partial charge in [0.1, 0.15) is 0 Å². The number of ether oxygens (including phenoxy) is 1. The van der Waals surface area contributed by atoms with Crippen molar-refractivity contribution < 1.29 is 9.53 Å². The highest BCUT2D eigenvalue weighted by atomic mass is 35.5. The summed E-state index contributed by atoms with van der Waals surface area (Å²) in [7, 11) is 1.66. The summed E-state index contributed by atoms with van der Waals surface area (Å²) < 4.78 is 4.98. The molecule has 0 aliphatic heterocycles. The summed E-state index contributed by atoms with van der Waals surface area (Å²) in [6.07, 6.45) is 0.826. The van der Waals surface area contributed by atoms with Crippen LogP contribution in [0.3, 0.4) is 0 Å². The largest absolute Gasteiger partial charge is 0.385 e. The first-order chi connectivity index (χ1) is 11.7. The van der Waals surface area contributed by atoms with Crippen molar-refractivity contribution in [3.63, 3.8) is 0 Å². The van der Waals surface area contributed by atoms with Crippen LogP contribution in [0.2, 0.25) is 5.02 Å². The number of carbonyl (C=O) groups excluding carboxylic acids is 1. The van der Waals surface area contributed by atoms with Gasteiger partial charge in [-0.1, -0.05) is 54.1 Å². The normalized spacial score (nSPS) is 11.9. The lowest BCUT2D eigenvalue weighted by molar-refractivity contribution is -0.118. The Morgan fingerprint density at radius 3 is 2.46 bits per heavy atom. The van der Waals surface area contributed by atoms with Crippen LogP contribution in [-0.4, -0.2) is 31.9 Å². The number of carbonyl (C=O) groups is 1. The zero-order chi connectivity index (χ0) is 17.2. The number of hydrogen-bond acceptors (Lipinski definition) is 3. The molecule has 0 aromatic heterocycles. The maximum atomic E-state index is 12.0. The number of benzene rings is 2. The van der Waals surface area contributed by atoms with Gasteiger partial charge in [-0.3, -0.25) is 4.79 Å². The summed E-state index contributed by atoms with van der Waals surface area (Å²) in [6, 6.07) is 18.0. The lowest BCUT2D eigenvalue weighted by atomic mass is 10.0. The fourth-order valence-electron chi connectivity index (χ4n) is 2.30. The van der Waals surface area contributed by atoms with Gasteiger partial charge in [0.05, 0.1) is 11.0 Å². The number of halogens is 1. The Morgan fingerprint density at radius 2 is 1.79 bits per heavy atom. The molecule has 0 bridgehead atoms. The number of nitrogens with one attached hydrogen (secondary N) is 1. The van der Waals surface area contributed by atoms with E-state index in [-0.39, 0.29) is 11.2 Å². The standard InChI is InChI=1S/C19H22ClNO2S/c1-23-13-5-12-21-18(22)14-24-19(15-6-3-2-4-7-15)16-8-10-17(20)11-9-16/h2-4,6-11,19H,5,12-14H2,1H3,(H,21,22)/t19-/m0/s1. The molecule has 1 N–H and O–H groups in total. The maximum Gasteiger partial charge on any atom is 0.230 e. The van der Waals surface area contributed by atoms with Crippen LogP contribution in [0.15, 0.2) is 54.6 Å². The third-order valence-corrected chi connectivity index (χ3v) is 5.06. The Balaban J connectivity index is 1.99. The fourth-order valence-corrected chi connectivity index (χ4v) is 3.55. The quantitative estimate of drug-likeness (QED) is 0.674. The van der Waals surface area contributed by atoms with Gasteiger partial charge in [0, 0.05) is 25.3 Å². The highest BCUT2D eigenvalue weighted by Crippen LogP contribution is 2.35. The summed E-state index contributed by atoms with van der Waals surface area (Å²) in [6.45, 7) is 1.30. The van der Waals surface area contributed by atoms with Gasteiger partial charge in [0.25, 0.3) is 0 Å². The Morgan fingerprint density at radius 1 is 1.12 bits per heavy atom. The topological polar surface area (TPSA) is 38.3 Å². The van der Waals surface area contributed by atoms with Gasteiger partial charge < -0.3 is 10.1 Å². The molecule has 0 fully saturated rings. The van der Waals surface area contributed by atoms with E-state index >= 15 is 0 Å². The molecule has 2 rings (SSSR count). The Kier molecular flexibility index (Phi) is 8.16. The van der Waals surface area contributed by atoms with Crippen molar-refractivity contribution >= 4 is 29.3 Å². The van der Waals surface area contributed by atoms with Gasteiger partial charge in [0.2, 0.25) is 5.91 Å². The van der Waals surface area contributed by atoms with Gasteiger partial charge in [-0.05, 0) is 29.7 Å². The van der Waals surface area contributed by atoms with Crippen LogP contribution in [-0.2, 0) is 9.53 Å². The van der Waals surface area contributed by atoms with Crippen LogP contribution in [0, 0.1) is 0 Å². The molecule has 0 heterocycles. The molecule has 0 spiro atoms. The first kappa shape index (κ1) is 18.8. The van der Waals surface area contributed by atoms with E-state index in [2.05, 4.69) is 17.4 Å². The third-order valence-electron chi connectivity index (χ3n) is 3.50. The van der Waals surface area contributed by atoms with Crippen LogP contribution in [0.1, 0.15) is 22.8 Å². The Bertz CT molecular complexity index is 619. The van der Waals surface area contributed by atoms with Crippen molar-refractivity contribution in [2.45, 2.75) is 11.7 Å².